The number of aromatic nitrogens is 1. The van der Waals surface area contributed by atoms with E-state index in [-0.39, 0.29) is 5.75 Å². The van der Waals surface area contributed by atoms with E-state index in [1.54, 1.807) is 35.6 Å². The van der Waals surface area contributed by atoms with Crippen LogP contribution >= 0.6 is 23.1 Å². The third-order valence-electron chi connectivity index (χ3n) is 4.98. The highest BCUT2D eigenvalue weighted by atomic mass is 32.2. The molecule has 0 aliphatic heterocycles. The molecular weight excluding hydrogens is 484 g/mol. The molecular formula is C26H28N2O3S3. The van der Waals surface area contributed by atoms with Crippen LogP contribution in [0.2, 0.25) is 0 Å². The minimum absolute atomic E-state index is 0.0207. The van der Waals surface area contributed by atoms with Gasteiger partial charge >= 0.3 is 0 Å². The molecule has 0 bridgehead atoms. The molecule has 0 saturated carbocycles. The Hall–Kier alpha value is -2.60. The maximum Gasteiger partial charge on any atom is 0.264 e. The Labute approximate surface area is 210 Å². The lowest BCUT2D eigenvalue weighted by Crippen LogP contribution is -2.32. The monoisotopic (exact) mass is 512 g/mol. The average Bonchev–Trinajstić information content (AvgIpc) is 3.35. The summed E-state index contributed by atoms with van der Waals surface area (Å²) < 4.78 is 26.3. The maximum absolute atomic E-state index is 12.3. The van der Waals surface area contributed by atoms with E-state index in [1.807, 2.05) is 24.3 Å². The number of rotatable bonds is 11. The smallest absolute Gasteiger partial charge is 0.264 e. The van der Waals surface area contributed by atoms with Gasteiger partial charge in [-0.25, -0.2) is 13.1 Å². The van der Waals surface area contributed by atoms with Crippen molar-refractivity contribution in [2.24, 2.45) is 0 Å². The predicted molar refractivity (Wildman–Crippen MR) is 141 cm³/mol. The van der Waals surface area contributed by atoms with Gasteiger partial charge in [0.25, 0.3) is 5.91 Å². The number of carbonyl (C=O) groups excluding carboxylic acids is 1. The van der Waals surface area contributed by atoms with E-state index < -0.39 is 15.9 Å². The fraction of sp³-hybridized carbons (Fsp3) is 0.308. The third-order valence-corrected chi connectivity index (χ3v) is 8.07. The van der Waals surface area contributed by atoms with E-state index in [0.717, 1.165) is 46.8 Å². The molecule has 1 heterocycles. The number of amides is 1. The zero-order valence-corrected chi connectivity index (χ0v) is 21.6. The standard InChI is InChI=1S/C26H28N2O3S3/c1-2-3-4-5-16-34(30,31)28-26(29)24-13-10-23(11-14-24)19-32-18-22-8-6-21(7-9-22)12-15-25-17-27-20-33-25/h6-11,13-14,17,20H,2-5,16,18-19H2,1H3,(H,28,29). The number of nitrogens with one attached hydrogen (secondary N) is 1. The SMILES string of the molecule is CCCCCCS(=O)(=O)NC(=O)c1ccc(CSCc2ccc(C#Cc3cncs3)cc2)cc1. The molecule has 0 aliphatic rings. The largest absolute Gasteiger partial charge is 0.268 e. The van der Waals surface area contributed by atoms with Crippen LogP contribution in [-0.2, 0) is 21.5 Å². The summed E-state index contributed by atoms with van der Waals surface area (Å²) >= 11 is 3.30. The molecule has 0 radical (unpaired) electrons. The second-order valence-corrected chi connectivity index (χ2v) is 11.5. The van der Waals surface area contributed by atoms with Crippen molar-refractivity contribution < 1.29 is 13.2 Å². The first-order chi connectivity index (χ1) is 16.4. The summed E-state index contributed by atoms with van der Waals surface area (Å²) in [4.78, 5) is 17.3. The van der Waals surface area contributed by atoms with Crippen molar-refractivity contribution in [2.75, 3.05) is 5.75 Å². The Kier molecular flexibility index (Phi) is 10.2. The second kappa shape index (κ2) is 13.3. The molecule has 0 unspecified atom stereocenters. The number of carbonyl (C=O) groups is 1. The Morgan fingerprint density at radius 2 is 1.65 bits per heavy atom. The number of thiazole rings is 1. The van der Waals surface area contributed by atoms with Crippen LogP contribution in [0, 0.1) is 11.8 Å². The molecule has 8 heteroatoms. The molecule has 178 valence electrons. The Morgan fingerprint density at radius 1 is 0.971 bits per heavy atom. The molecule has 0 fully saturated rings. The zero-order chi connectivity index (χ0) is 24.2. The van der Waals surface area contributed by atoms with Crippen molar-refractivity contribution >= 4 is 39.0 Å². The number of hydrogen-bond donors (Lipinski definition) is 1. The van der Waals surface area contributed by atoms with Gasteiger partial charge < -0.3 is 0 Å². The normalized spacial score (nSPS) is 11.0. The van der Waals surface area contributed by atoms with Gasteiger partial charge in [0.05, 0.1) is 22.3 Å². The van der Waals surface area contributed by atoms with Crippen LogP contribution < -0.4 is 4.72 Å². The van der Waals surface area contributed by atoms with Gasteiger partial charge in [-0.15, -0.1) is 11.3 Å². The number of thioether (sulfide) groups is 1. The molecule has 1 aromatic heterocycles. The summed E-state index contributed by atoms with van der Waals surface area (Å²) in [6.45, 7) is 2.07. The van der Waals surface area contributed by atoms with Crippen LogP contribution in [0.4, 0.5) is 0 Å². The molecule has 0 atom stereocenters. The van der Waals surface area contributed by atoms with E-state index in [0.29, 0.717) is 12.0 Å². The lowest BCUT2D eigenvalue weighted by atomic mass is 10.1. The number of benzene rings is 2. The number of unbranched alkanes of at least 4 members (excludes halogenated alkanes) is 3. The molecule has 5 nitrogen and oxygen atoms in total. The fourth-order valence-electron chi connectivity index (χ4n) is 3.10. The minimum Gasteiger partial charge on any atom is -0.268 e. The van der Waals surface area contributed by atoms with Crippen molar-refractivity contribution in [2.45, 2.75) is 44.1 Å². The van der Waals surface area contributed by atoms with Gasteiger partial charge in [-0.05, 0) is 47.7 Å². The number of sulfonamides is 1. The van der Waals surface area contributed by atoms with Crippen molar-refractivity contribution in [3.05, 3.63) is 87.4 Å². The average molecular weight is 513 g/mol. The van der Waals surface area contributed by atoms with Crippen molar-refractivity contribution in [3.63, 3.8) is 0 Å². The molecule has 0 aliphatic carbocycles. The van der Waals surface area contributed by atoms with Gasteiger partial charge in [0.1, 0.15) is 0 Å². The van der Waals surface area contributed by atoms with Gasteiger partial charge in [-0.2, -0.15) is 11.8 Å². The molecule has 0 spiro atoms. The van der Waals surface area contributed by atoms with Crippen molar-refractivity contribution in [1.29, 1.82) is 0 Å². The molecule has 2 aromatic carbocycles. The first-order valence-electron chi connectivity index (χ1n) is 11.2. The third kappa shape index (κ3) is 8.98. The van der Waals surface area contributed by atoms with E-state index >= 15 is 0 Å². The molecule has 3 rings (SSSR count). The first kappa shape index (κ1) is 26.0. The van der Waals surface area contributed by atoms with Gasteiger partial charge in [0, 0.05) is 22.6 Å². The summed E-state index contributed by atoms with van der Waals surface area (Å²) in [5, 5.41) is 0. The maximum atomic E-state index is 12.3. The van der Waals surface area contributed by atoms with Crippen LogP contribution in [0.15, 0.2) is 60.2 Å². The molecule has 1 N–H and O–H groups in total. The molecule has 1 amide bonds. The van der Waals surface area contributed by atoms with Gasteiger partial charge in [-0.1, -0.05) is 56.4 Å². The van der Waals surface area contributed by atoms with Crippen LogP contribution in [0.5, 0.6) is 0 Å². The molecule has 3 aromatic rings. The number of nitrogens with zero attached hydrogens (tertiary/aromatic N) is 1. The van der Waals surface area contributed by atoms with Crippen LogP contribution in [0.3, 0.4) is 0 Å². The number of hydrogen-bond acceptors (Lipinski definition) is 6. The van der Waals surface area contributed by atoms with E-state index in [1.165, 1.54) is 16.9 Å². The quantitative estimate of drug-likeness (QED) is 0.267. The topological polar surface area (TPSA) is 76.1 Å². The predicted octanol–water partition coefficient (Wildman–Crippen LogP) is 5.62. The highest BCUT2D eigenvalue weighted by Crippen LogP contribution is 2.19. The fourth-order valence-corrected chi connectivity index (χ4v) is 5.62. The summed E-state index contributed by atoms with van der Waals surface area (Å²) in [5.74, 6) is 7.31. The van der Waals surface area contributed by atoms with Gasteiger partial charge in [0.2, 0.25) is 10.0 Å². The van der Waals surface area contributed by atoms with Crippen LogP contribution in [-0.4, -0.2) is 25.1 Å². The highest BCUT2D eigenvalue weighted by molar-refractivity contribution is 7.97. The summed E-state index contributed by atoms with van der Waals surface area (Å²) in [6.07, 6.45) is 5.21. The first-order valence-corrected chi connectivity index (χ1v) is 14.8. The van der Waals surface area contributed by atoms with Gasteiger partial charge in [0.15, 0.2) is 0 Å². The zero-order valence-electron chi connectivity index (χ0n) is 19.1. The van der Waals surface area contributed by atoms with Crippen molar-refractivity contribution in [3.8, 4) is 11.8 Å². The van der Waals surface area contributed by atoms with Crippen molar-refractivity contribution in [1.82, 2.24) is 9.71 Å². The Morgan fingerprint density at radius 3 is 2.26 bits per heavy atom. The lowest BCUT2D eigenvalue weighted by Gasteiger charge is -2.08. The van der Waals surface area contributed by atoms with Crippen LogP contribution in [0.1, 0.15) is 64.5 Å². The molecule has 34 heavy (non-hydrogen) atoms. The van der Waals surface area contributed by atoms with E-state index in [9.17, 15) is 13.2 Å². The van der Waals surface area contributed by atoms with Crippen LogP contribution in [0.25, 0.3) is 0 Å². The second-order valence-electron chi connectivity index (χ2n) is 7.81. The Bertz CT molecular complexity index is 1210. The summed E-state index contributed by atoms with van der Waals surface area (Å²) in [5.41, 5.74) is 5.39. The summed E-state index contributed by atoms with van der Waals surface area (Å²) in [7, 11) is -3.60. The lowest BCUT2D eigenvalue weighted by molar-refractivity contribution is 0.0981. The molecule has 0 saturated heterocycles. The van der Waals surface area contributed by atoms with E-state index in [2.05, 4.69) is 40.6 Å². The highest BCUT2D eigenvalue weighted by Gasteiger charge is 2.15. The minimum atomic E-state index is -3.60. The van der Waals surface area contributed by atoms with E-state index in [4.69, 9.17) is 0 Å². The Balaban J connectivity index is 1.43. The summed E-state index contributed by atoms with van der Waals surface area (Å²) in [6, 6.07) is 15.3. The van der Waals surface area contributed by atoms with Gasteiger partial charge in [-0.3, -0.25) is 9.78 Å².